The molecule has 0 heterocycles. The molecule has 2 nitrogen and oxygen atoms in total. The fourth-order valence-electron chi connectivity index (χ4n) is 1.62. The van der Waals surface area contributed by atoms with E-state index in [1.807, 2.05) is 0 Å². The summed E-state index contributed by atoms with van der Waals surface area (Å²) < 4.78 is 45.0. The van der Waals surface area contributed by atoms with E-state index >= 15 is 0 Å². The van der Waals surface area contributed by atoms with Crippen LogP contribution >= 0.6 is 15.9 Å². The summed E-state index contributed by atoms with van der Waals surface area (Å²) in [6, 6.07) is 9.94. The summed E-state index contributed by atoms with van der Waals surface area (Å²) in [7, 11) is 0. The molecule has 0 unspecified atom stereocenters. The molecule has 0 aliphatic heterocycles. The third-order valence-electron chi connectivity index (χ3n) is 2.57. The van der Waals surface area contributed by atoms with Gasteiger partial charge in [0.2, 0.25) is 0 Å². The molecule has 0 bridgehead atoms. The third-order valence-corrected chi connectivity index (χ3v) is 3.10. The van der Waals surface area contributed by atoms with Gasteiger partial charge in [0.1, 0.15) is 11.5 Å². The van der Waals surface area contributed by atoms with E-state index in [0.29, 0.717) is 5.75 Å². The van der Waals surface area contributed by atoms with Crippen molar-refractivity contribution in [2.24, 2.45) is 0 Å². The molecule has 0 saturated heterocycles. The summed E-state index contributed by atoms with van der Waals surface area (Å²) in [5.74, 6) is 0.00692. The molecule has 0 aromatic heterocycles. The fraction of sp³-hybridized carbons (Fsp3) is 0.143. The first-order valence-electron chi connectivity index (χ1n) is 5.64. The number of alkyl halides is 3. The second kappa shape index (κ2) is 5.85. The largest absolute Gasteiger partial charge is 0.457 e. The molecule has 0 atom stereocenters. The Morgan fingerprint density at radius 2 is 1.70 bits per heavy atom. The Balaban J connectivity index is 2.38. The molecule has 0 spiro atoms. The number of rotatable bonds is 3. The number of benzene rings is 2. The maximum absolute atomic E-state index is 13.0. The smallest absolute Gasteiger partial charge is 0.419 e. The maximum atomic E-state index is 13.0. The van der Waals surface area contributed by atoms with Crippen LogP contribution in [0.4, 0.5) is 13.2 Å². The van der Waals surface area contributed by atoms with E-state index in [9.17, 15) is 13.2 Å². The first-order valence-corrected chi connectivity index (χ1v) is 6.44. The minimum atomic E-state index is -4.55. The van der Waals surface area contributed by atoms with Crippen molar-refractivity contribution in [2.45, 2.75) is 12.8 Å². The lowest BCUT2D eigenvalue weighted by molar-refractivity contribution is -0.138. The van der Waals surface area contributed by atoms with Gasteiger partial charge in [-0.25, -0.2) is 0 Å². The summed E-state index contributed by atoms with van der Waals surface area (Å²) in [6.45, 7) is -0.457. The Kier molecular flexibility index (Phi) is 4.35. The van der Waals surface area contributed by atoms with Crippen molar-refractivity contribution < 1.29 is 23.0 Å². The molecule has 0 fully saturated rings. The average Bonchev–Trinajstić information content (AvgIpc) is 2.40. The highest BCUT2D eigenvalue weighted by Gasteiger charge is 2.34. The quantitative estimate of drug-likeness (QED) is 0.868. The maximum Gasteiger partial charge on any atom is 0.419 e. The van der Waals surface area contributed by atoms with Gasteiger partial charge in [-0.15, -0.1) is 0 Å². The molecule has 2 aromatic carbocycles. The van der Waals surface area contributed by atoms with Gasteiger partial charge in [0, 0.05) is 4.47 Å². The minimum Gasteiger partial charge on any atom is -0.457 e. The Morgan fingerprint density at radius 3 is 2.25 bits per heavy atom. The van der Waals surface area contributed by atoms with Crippen molar-refractivity contribution in [3.05, 3.63) is 58.1 Å². The highest BCUT2D eigenvalue weighted by Crippen LogP contribution is 2.38. The Hall–Kier alpha value is -1.53. The van der Waals surface area contributed by atoms with Crippen molar-refractivity contribution in [3.63, 3.8) is 0 Å². The Labute approximate surface area is 121 Å². The molecule has 20 heavy (non-hydrogen) atoms. The monoisotopic (exact) mass is 346 g/mol. The third kappa shape index (κ3) is 3.52. The highest BCUT2D eigenvalue weighted by atomic mass is 79.9. The van der Waals surface area contributed by atoms with E-state index in [-0.39, 0.29) is 11.3 Å². The van der Waals surface area contributed by atoms with E-state index in [2.05, 4.69) is 15.9 Å². The van der Waals surface area contributed by atoms with Gasteiger partial charge in [0.15, 0.2) is 0 Å². The Morgan fingerprint density at radius 1 is 1.05 bits per heavy atom. The van der Waals surface area contributed by atoms with Gasteiger partial charge in [-0.05, 0) is 42.0 Å². The molecular weight excluding hydrogens is 337 g/mol. The fourth-order valence-corrected chi connectivity index (χ4v) is 1.88. The van der Waals surface area contributed by atoms with Crippen LogP contribution < -0.4 is 4.74 Å². The van der Waals surface area contributed by atoms with Crippen LogP contribution in [0.15, 0.2) is 46.9 Å². The predicted molar refractivity (Wildman–Crippen MR) is 71.6 cm³/mol. The second-order valence-corrected chi connectivity index (χ2v) is 4.96. The molecule has 0 radical (unpaired) electrons. The predicted octanol–water partition coefficient (Wildman–Crippen LogP) is 4.75. The minimum absolute atomic E-state index is 0.181. The van der Waals surface area contributed by atoms with Gasteiger partial charge in [0.25, 0.3) is 0 Å². The number of halogens is 4. The molecular formula is C14H10BrF3O2. The van der Waals surface area contributed by atoms with E-state index in [1.54, 1.807) is 24.3 Å². The molecule has 0 aliphatic rings. The first kappa shape index (κ1) is 14.9. The topological polar surface area (TPSA) is 29.5 Å². The van der Waals surface area contributed by atoms with Crippen LogP contribution in [0.5, 0.6) is 11.5 Å². The van der Waals surface area contributed by atoms with E-state index in [0.717, 1.165) is 10.5 Å². The van der Waals surface area contributed by atoms with Gasteiger partial charge < -0.3 is 9.84 Å². The number of hydrogen-bond acceptors (Lipinski definition) is 2. The van der Waals surface area contributed by atoms with E-state index in [1.165, 1.54) is 12.1 Å². The van der Waals surface area contributed by atoms with Crippen LogP contribution in [0.2, 0.25) is 0 Å². The SMILES string of the molecule is OCc1ccc(Oc2ccc(Br)cc2)c(C(F)(F)F)c1. The number of ether oxygens (including phenoxy) is 1. The summed E-state index contributed by atoms with van der Waals surface area (Å²) in [4.78, 5) is 0. The molecule has 0 aliphatic carbocycles. The van der Waals surface area contributed by atoms with Crippen LogP contribution in [-0.2, 0) is 12.8 Å². The molecule has 2 aromatic rings. The van der Waals surface area contributed by atoms with Crippen molar-refractivity contribution in [3.8, 4) is 11.5 Å². The number of aliphatic hydroxyl groups excluding tert-OH is 1. The van der Waals surface area contributed by atoms with Crippen molar-refractivity contribution in [1.82, 2.24) is 0 Å². The second-order valence-electron chi connectivity index (χ2n) is 4.04. The standard InChI is InChI=1S/C14H10BrF3O2/c15-10-2-4-11(5-3-10)20-13-6-1-9(8-19)7-12(13)14(16,17)18/h1-7,19H,8H2. The van der Waals surface area contributed by atoms with Crippen LogP contribution in [-0.4, -0.2) is 5.11 Å². The summed E-state index contributed by atoms with van der Waals surface area (Å²) in [6.07, 6.45) is -4.55. The first-order chi connectivity index (χ1) is 9.40. The van der Waals surface area contributed by atoms with Crippen LogP contribution in [0, 0.1) is 0 Å². The zero-order chi connectivity index (χ0) is 14.8. The summed E-state index contributed by atoms with van der Waals surface area (Å²) in [5.41, 5.74) is -0.729. The summed E-state index contributed by atoms with van der Waals surface area (Å²) in [5, 5.41) is 8.93. The van der Waals surface area contributed by atoms with E-state index < -0.39 is 18.3 Å². The zero-order valence-electron chi connectivity index (χ0n) is 10.1. The summed E-state index contributed by atoms with van der Waals surface area (Å²) >= 11 is 3.23. The van der Waals surface area contributed by atoms with Crippen molar-refractivity contribution in [1.29, 1.82) is 0 Å². The van der Waals surface area contributed by atoms with Gasteiger partial charge in [0.05, 0.1) is 12.2 Å². The van der Waals surface area contributed by atoms with Gasteiger partial charge in [-0.1, -0.05) is 22.0 Å². The van der Waals surface area contributed by atoms with Crippen molar-refractivity contribution in [2.75, 3.05) is 0 Å². The molecule has 2 rings (SSSR count). The molecule has 0 amide bonds. The van der Waals surface area contributed by atoms with Gasteiger partial charge >= 0.3 is 6.18 Å². The highest BCUT2D eigenvalue weighted by molar-refractivity contribution is 9.10. The lowest BCUT2D eigenvalue weighted by atomic mass is 10.1. The number of hydrogen-bond donors (Lipinski definition) is 1. The van der Waals surface area contributed by atoms with Gasteiger partial charge in [-0.2, -0.15) is 13.2 Å². The average molecular weight is 347 g/mol. The lowest BCUT2D eigenvalue weighted by Crippen LogP contribution is -2.08. The number of aliphatic hydroxyl groups is 1. The van der Waals surface area contributed by atoms with Gasteiger partial charge in [-0.3, -0.25) is 0 Å². The Bertz CT molecular complexity index is 594. The van der Waals surface area contributed by atoms with E-state index in [4.69, 9.17) is 9.84 Å². The molecule has 6 heteroatoms. The van der Waals surface area contributed by atoms with Crippen molar-refractivity contribution >= 4 is 15.9 Å². The molecule has 1 N–H and O–H groups in total. The molecule has 106 valence electrons. The zero-order valence-corrected chi connectivity index (χ0v) is 11.7. The van der Waals surface area contributed by atoms with Crippen LogP contribution in [0.1, 0.15) is 11.1 Å². The molecule has 0 saturated carbocycles. The lowest BCUT2D eigenvalue weighted by Gasteiger charge is -2.14. The normalized spacial score (nSPS) is 11.4. The van der Waals surface area contributed by atoms with Crippen LogP contribution in [0.3, 0.4) is 0 Å². The van der Waals surface area contributed by atoms with Crippen LogP contribution in [0.25, 0.3) is 0 Å².